The van der Waals surface area contributed by atoms with Crippen LogP contribution in [0.3, 0.4) is 0 Å². The van der Waals surface area contributed by atoms with Crippen LogP contribution in [-0.4, -0.2) is 38.4 Å². The summed E-state index contributed by atoms with van der Waals surface area (Å²) in [6.45, 7) is 1.77. The first kappa shape index (κ1) is 22.5. The highest BCUT2D eigenvalue weighted by Crippen LogP contribution is 2.20. The van der Waals surface area contributed by atoms with Gasteiger partial charge in [0, 0.05) is 19.6 Å². The standard InChI is InChI=1S/C25H29N3O3S/c26-18-20-10-8-19(9-11-20)16-24(25(29)28-14-4-1-5-15-28)27-32(30,31)23-13-12-21-6-2-3-7-22(21)17-23/h2-3,6-13,17,24,27H,1,4-5,14-16,18,26H2/t24-/m0/s1. The zero-order valence-corrected chi connectivity index (χ0v) is 18.9. The van der Waals surface area contributed by atoms with Gasteiger partial charge in [-0.05, 0) is 59.7 Å². The van der Waals surface area contributed by atoms with Crippen LogP contribution in [0.15, 0.2) is 71.6 Å². The van der Waals surface area contributed by atoms with Crippen molar-refractivity contribution in [2.45, 2.75) is 43.2 Å². The number of carbonyl (C=O) groups excluding carboxylic acids is 1. The number of sulfonamides is 1. The Morgan fingerprint density at radius 2 is 1.56 bits per heavy atom. The van der Waals surface area contributed by atoms with Crippen molar-refractivity contribution in [3.05, 3.63) is 77.9 Å². The van der Waals surface area contributed by atoms with Crippen molar-refractivity contribution in [1.82, 2.24) is 9.62 Å². The Kier molecular flexibility index (Phi) is 6.89. The number of hydrogen-bond donors (Lipinski definition) is 2. The summed E-state index contributed by atoms with van der Waals surface area (Å²) < 4.78 is 29.2. The molecule has 1 aliphatic heterocycles. The summed E-state index contributed by atoms with van der Waals surface area (Å²) in [5.74, 6) is -0.169. The summed E-state index contributed by atoms with van der Waals surface area (Å²) in [6, 6.07) is 19.4. The third kappa shape index (κ3) is 5.18. The fourth-order valence-electron chi connectivity index (χ4n) is 4.15. The SMILES string of the molecule is NCc1ccc(C[C@H](NS(=O)(=O)c2ccc3ccccc3c2)C(=O)N2CCCCC2)cc1. The summed E-state index contributed by atoms with van der Waals surface area (Å²) in [4.78, 5) is 15.3. The molecule has 7 heteroatoms. The number of nitrogens with zero attached hydrogens (tertiary/aromatic N) is 1. The largest absolute Gasteiger partial charge is 0.341 e. The monoisotopic (exact) mass is 451 g/mol. The third-order valence-electron chi connectivity index (χ3n) is 5.99. The zero-order chi connectivity index (χ0) is 22.6. The molecule has 0 saturated carbocycles. The molecule has 1 amide bonds. The van der Waals surface area contributed by atoms with Crippen LogP contribution in [-0.2, 0) is 27.8 Å². The lowest BCUT2D eigenvalue weighted by atomic mass is 10.0. The van der Waals surface area contributed by atoms with Gasteiger partial charge in [0.05, 0.1) is 4.90 Å². The Hall–Kier alpha value is -2.74. The predicted octanol–water partition coefficient (Wildman–Crippen LogP) is 3.20. The van der Waals surface area contributed by atoms with Gasteiger partial charge < -0.3 is 10.6 Å². The maximum absolute atomic E-state index is 13.3. The van der Waals surface area contributed by atoms with Crippen molar-refractivity contribution < 1.29 is 13.2 Å². The third-order valence-corrected chi connectivity index (χ3v) is 7.46. The van der Waals surface area contributed by atoms with Crippen molar-refractivity contribution in [3.8, 4) is 0 Å². The van der Waals surface area contributed by atoms with E-state index >= 15 is 0 Å². The quantitative estimate of drug-likeness (QED) is 0.577. The number of fused-ring (bicyclic) bond motifs is 1. The Bertz CT molecular complexity index is 1190. The second-order valence-electron chi connectivity index (χ2n) is 8.29. The molecule has 168 valence electrons. The highest BCUT2D eigenvalue weighted by atomic mass is 32.2. The molecule has 1 saturated heterocycles. The fraction of sp³-hybridized carbons (Fsp3) is 0.320. The van der Waals surface area contributed by atoms with Gasteiger partial charge in [0.15, 0.2) is 0 Å². The van der Waals surface area contributed by atoms with Gasteiger partial charge in [-0.2, -0.15) is 4.72 Å². The minimum atomic E-state index is -3.89. The Labute approximate surface area is 189 Å². The molecule has 0 spiro atoms. The lowest BCUT2D eigenvalue weighted by Crippen LogP contribution is -2.50. The number of likely N-dealkylation sites (tertiary alicyclic amines) is 1. The predicted molar refractivity (Wildman–Crippen MR) is 127 cm³/mol. The first-order valence-electron chi connectivity index (χ1n) is 11.0. The topological polar surface area (TPSA) is 92.5 Å². The minimum Gasteiger partial charge on any atom is -0.341 e. The molecule has 1 aliphatic rings. The molecule has 0 unspecified atom stereocenters. The number of benzene rings is 3. The van der Waals surface area contributed by atoms with Crippen molar-refractivity contribution in [2.75, 3.05) is 13.1 Å². The zero-order valence-electron chi connectivity index (χ0n) is 18.0. The molecule has 6 nitrogen and oxygen atoms in total. The summed E-state index contributed by atoms with van der Waals surface area (Å²) >= 11 is 0. The maximum Gasteiger partial charge on any atom is 0.241 e. The molecule has 1 fully saturated rings. The van der Waals surface area contributed by atoms with E-state index in [4.69, 9.17) is 5.73 Å². The van der Waals surface area contributed by atoms with E-state index in [1.165, 1.54) is 0 Å². The normalized spacial score (nSPS) is 15.6. The first-order chi connectivity index (χ1) is 15.5. The lowest BCUT2D eigenvalue weighted by molar-refractivity contribution is -0.133. The van der Waals surface area contributed by atoms with E-state index < -0.39 is 16.1 Å². The number of carbonyl (C=O) groups is 1. The summed E-state index contributed by atoms with van der Waals surface area (Å²) in [5.41, 5.74) is 7.56. The van der Waals surface area contributed by atoms with E-state index in [2.05, 4.69) is 4.72 Å². The van der Waals surface area contributed by atoms with Crippen molar-refractivity contribution in [3.63, 3.8) is 0 Å². The second-order valence-corrected chi connectivity index (χ2v) is 10.0. The van der Waals surface area contributed by atoms with Crippen LogP contribution in [0.1, 0.15) is 30.4 Å². The van der Waals surface area contributed by atoms with Gasteiger partial charge in [0.1, 0.15) is 6.04 Å². The molecule has 32 heavy (non-hydrogen) atoms. The molecule has 0 aliphatic carbocycles. The molecule has 0 aromatic heterocycles. The van der Waals surface area contributed by atoms with Crippen LogP contribution >= 0.6 is 0 Å². The average Bonchev–Trinajstić information content (AvgIpc) is 2.83. The molecular weight excluding hydrogens is 422 g/mol. The number of hydrogen-bond acceptors (Lipinski definition) is 4. The van der Waals surface area contributed by atoms with Gasteiger partial charge in [-0.1, -0.05) is 54.6 Å². The van der Waals surface area contributed by atoms with Crippen molar-refractivity contribution in [2.24, 2.45) is 5.73 Å². The van der Waals surface area contributed by atoms with Gasteiger partial charge in [-0.25, -0.2) is 8.42 Å². The van der Waals surface area contributed by atoms with E-state index in [-0.39, 0.29) is 17.2 Å². The van der Waals surface area contributed by atoms with Gasteiger partial charge >= 0.3 is 0 Å². The van der Waals surface area contributed by atoms with E-state index in [1.807, 2.05) is 48.5 Å². The summed E-state index contributed by atoms with van der Waals surface area (Å²) in [5, 5.41) is 1.80. The molecule has 3 aromatic rings. The molecular formula is C25H29N3O3S. The lowest BCUT2D eigenvalue weighted by Gasteiger charge is -2.30. The highest BCUT2D eigenvalue weighted by molar-refractivity contribution is 7.89. The number of rotatable bonds is 7. The molecule has 3 aromatic carbocycles. The molecule has 4 rings (SSSR count). The van der Waals surface area contributed by atoms with Crippen LogP contribution in [0.5, 0.6) is 0 Å². The van der Waals surface area contributed by atoms with E-state index in [0.29, 0.717) is 19.6 Å². The molecule has 3 N–H and O–H groups in total. The maximum atomic E-state index is 13.3. The molecule has 1 atom stereocenters. The highest BCUT2D eigenvalue weighted by Gasteiger charge is 2.30. The van der Waals surface area contributed by atoms with Crippen LogP contribution in [0, 0.1) is 0 Å². The second kappa shape index (κ2) is 9.81. The number of piperidine rings is 1. The summed E-state index contributed by atoms with van der Waals surface area (Å²) in [7, 11) is -3.89. The summed E-state index contributed by atoms with van der Waals surface area (Å²) in [6.07, 6.45) is 3.27. The number of nitrogens with two attached hydrogens (primary N) is 1. The van der Waals surface area contributed by atoms with Crippen LogP contribution in [0.25, 0.3) is 10.8 Å². The van der Waals surface area contributed by atoms with E-state index in [0.717, 1.165) is 41.2 Å². The van der Waals surface area contributed by atoms with Gasteiger partial charge in [-0.3, -0.25) is 4.79 Å². The Morgan fingerprint density at radius 3 is 2.25 bits per heavy atom. The van der Waals surface area contributed by atoms with Gasteiger partial charge in [0.25, 0.3) is 0 Å². The Morgan fingerprint density at radius 1 is 0.906 bits per heavy atom. The minimum absolute atomic E-state index is 0.158. The van der Waals surface area contributed by atoms with E-state index in [1.54, 1.807) is 23.1 Å². The van der Waals surface area contributed by atoms with Gasteiger partial charge in [-0.15, -0.1) is 0 Å². The van der Waals surface area contributed by atoms with Gasteiger partial charge in [0.2, 0.25) is 15.9 Å². The molecule has 0 radical (unpaired) electrons. The van der Waals surface area contributed by atoms with Crippen LogP contribution in [0.4, 0.5) is 0 Å². The molecule has 1 heterocycles. The smallest absolute Gasteiger partial charge is 0.241 e. The number of amides is 1. The molecule has 0 bridgehead atoms. The Balaban J connectivity index is 1.61. The first-order valence-corrected chi connectivity index (χ1v) is 12.5. The number of nitrogens with one attached hydrogen (secondary N) is 1. The average molecular weight is 452 g/mol. The van der Waals surface area contributed by atoms with Crippen molar-refractivity contribution in [1.29, 1.82) is 0 Å². The fourth-order valence-corrected chi connectivity index (χ4v) is 5.38. The van der Waals surface area contributed by atoms with Crippen LogP contribution in [0.2, 0.25) is 0 Å². The van der Waals surface area contributed by atoms with E-state index in [9.17, 15) is 13.2 Å². The van der Waals surface area contributed by atoms with Crippen LogP contribution < -0.4 is 10.5 Å². The van der Waals surface area contributed by atoms with Crippen molar-refractivity contribution >= 4 is 26.7 Å².